The summed E-state index contributed by atoms with van der Waals surface area (Å²) in [6.07, 6.45) is 5.95. The Morgan fingerprint density at radius 2 is 2.36 bits per heavy atom. The van der Waals surface area contributed by atoms with E-state index in [0.717, 1.165) is 13.1 Å². The maximum absolute atomic E-state index is 3.91. The maximum atomic E-state index is 3.91. The highest BCUT2D eigenvalue weighted by molar-refractivity contribution is 5.85. The van der Waals surface area contributed by atoms with Crippen LogP contribution in [0.15, 0.2) is 12.3 Å². The molecule has 14 heavy (non-hydrogen) atoms. The van der Waals surface area contributed by atoms with E-state index in [1.807, 2.05) is 6.07 Å². The first kappa shape index (κ1) is 11.5. The maximum Gasteiger partial charge on any atom is 0.0490 e. The number of rotatable bonds is 4. The molecule has 0 aromatic carbocycles. The molecule has 0 amide bonds. The number of nitrogens with one attached hydrogen (secondary N) is 2. The molecule has 1 heterocycles. The van der Waals surface area contributed by atoms with Crippen LogP contribution in [0.25, 0.3) is 0 Å². The summed E-state index contributed by atoms with van der Waals surface area (Å²) >= 11 is 0. The van der Waals surface area contributed by atoms with Crippen LogP contribution in [0.4, 0.5) is 0 Å². The zero-order valence-corrected chi connectivity index (χ0v) is 9.36. The lowest BCUT2D eigenvalue weighted by atomic mass is 9.70. The van der Waals surface area contributed by atoms with Crippen LogP contribution >= 0.6 is 12.4 Å². The van der Waals surface area contributed by atoms with Crippen LogP contribution in [0.1, 0.15) is 31.9 Å². The molecule has 1 fully saturated rings. The van der Waals surface area contributed by atoms with E-state index in [1.54, 1.807) is 6.20 Å². The van der Waals surface area contributed by atoms with Gasteiger partial charge in [-0.05, 0) is 24.3 Å². The predicted octanol–water partition coefficient (Wildman–Crippen LogP) is 2.11. The Labute approximate surface area is 91.1 Å². The van der Waals surface area contributed by atoms with E-state index >= 15 is 0 Å². The summed E-state index contributed by atoms with van der Waals surface area (Å²) in [7, 11) is 0. The van der Waals surface area contributed by atoms with Gasteiger partial charge in [0, 0.05) is 25.0 Å². The Morgan fingerprint density at radius 1 is 1.57 bits per heavy atom. The Bertz CT molecular complexity index is 254. The minimum absolute atomic E-state index is 0. The molecule has 1 aliphatic carbocycles. The van der Waals surface area contributed by atoms with E-state index in [9.17, 15) is 0 Å². The highest BCUT2D eigenvalue weighted by Crippen LogP contribution is 2.39. The van der Waals surface area contributed by atoms with Crippen molar-refractivity contribution in [3.05, 3.63) is 18.0 Å². The molecule has 80 valence electrons. The summed E-state index contributed by atoms with van der Waals surface area (Å²) in [6.45, 7) is 4.40. The number of hydrogen-bond donors (Lipinski definition) is 2. The molecule has 0 bridgehead atoms. The van der Waals surface area contributed by atoms with Gasteiger partial charge in [0.15, 0.2) is 0 Å². The van der Waals surface area contributed by atoms with Crippen LogP contribution in [0.5, 0.6) is 0 Å². The minimum atomic E-state index is 0. The van der Waals surface area contributed by atoms with E-state index in [2.05, 4.69) is 22.4 Å². The van der Waals surface area contributed by atoms with Crippen LogP contribution in [0.3, 0.4) is 0 Å². The first-order valence-corrected chi connectivity index (χ1v) is 4.98. The van der Waals surface area contributed by atoms with Gasteiger partial charge in [0.05, 0.1) is 0 Å². The van der Waals surface area contributed by atoms with Crippen LogP contribution in [-0.2, 0) is 6.54 Å². The quantitative estimate of drug-likeness (QED) is 0.808. The van der Waals surface area contributed by atoms with Crippen molar-refractivity contribution in [2.24, 2.45) is 5.41 Å². The number of hydrogen-bond acceptors (Lipinski definition) is 2. The lowest BCUT2D eigenvalue weighted by Gasteiger charge is -2.38. The number of nitrogens with zero attached hydrogens (tertiary/aromatic N) is 1. The Hall–Kier alpha value is -0.540. The fourth-order valence-electron chi connectivity index (χ4n) is 1.84. The molecular formula is C10H18ClN3. The van der Waals surface area contributed by atoms with E-state index in [-0.39, 0.29) is 12.4 Å². The van der Waals surface area contributed by atoms with Gasteiger partial charge in [-0.2, -0.15) is 5.10 Å². The molecule has 4 heteroatoms. The third kappa shape index (κ3) is 2.72. The average molecular weight is 216 g/mol. The molecule has 1 saturated carbocycles. The van der Waals surface area contributed by atoms with Crippen molar-refractivity contribution in [3.63, 3.8) is 0 Å². The van der Waals surface area contributed by atoms with Crippen LogP contribution in [0.2, 0.25) is 0 Å². The van der Waals surface area contributed by atoms with E-state index in [0.29, 0.717) is 5.41 Å². The van der Waals surface area contributed by atoms with Crippen LogP contribution in [-0.4, -0.2) is 16.7 Å². The van der Waals surface area contributed by atoms with Crippen molar-refractivity contribution >= 4 is 12.4 Å². The molecule has 1 aromatic rings. The molecule has 3 nitrogen and oxygen atoms in total. The van der Waals surface area contributed by atoms with Gasteiger partial charge in [0.2, 0.25) is 0 Å². The van der Waals surface area contributed by atoms with Gasteiger partial charge in [0.25, 0.3) is 0 Å². The second kappa shape index (κ2) is 4.80. The lowest BCUT2D eigenvalue weighted by Crippen LogP contribution is -2.37. The summed E-state index contributed by atoms with van der Waals surface area (Å²) in [5.41, 5.74) is 1.74. The summed E-state index contributed by atoms with van der Waals surface area (Å²) in [6, 6.07) is 2.01. The monoisotopic (exact) mass is 215 g/mol. The molecule has 2 N–H and O–H groups in total. The topological polar surface area (TPSA) is 40.7 Å². The summed E-state index contributed by atoms with van der Waals surface area (Å²) < 4.78 is 0. The first-order chi connectivity index (χ1) is 6.29. The van der Waals surface area contributed by atoms with Gasteiger partial charge in [-0.25, -0.2) is 0 Å². The average Bonchev–Trinajstić information content (AvgIpc) is 2.54. The predicted molar refractivity (Wildman–Crippen MR) is 59.5 cm³/mol. The standard InChI is InChI=1S/C10H17N3.ClH/c1-10(4-2-5-10)8-11-7-9-3-6-12-13-9;/h3,6,11H,2,4-5,7-8H2,1H3,(H,12,13);1H. The van der Waals surface area contributed by atoms with Crippen LogP contribution < -0.4 is 5.32 Å². The minimum Gasteiger partial charge on any atom is -0.311 e. The summed E-state index contributed by atoms with van der Waals surface area (Å²) in [5, 5.41) is 10.3. The van der Waals surface area contributed by atoms with Crippen molar-refractivity contribution in [3.8, 4) is 0 Å². The van der Waals surface area contributed by atoms with Crippen molar-refractivity contribution in [2.75, 3.05) is 6.54 Å². The highest BCUT2D eigenvalue weighted by atomic mass is 35.5. The number of H-pyrrole nitrogens is 1. The lowest BCUT2D eigenvalue weighted by molar-refractivity contribution is 0.156. The van der Waals surface area contributed by atoms with Crippen molar-refractivity contribution in [2.45, 2.75) is 32.7 Å². The Kier molecular flexibility index (Phi) is 3.96. The molecule has 0 saturated heterocycles. The molecule has 0 unspecified atom stereocenters. The smallest absolute Gasteiger partial charge is 0.0490 e. The molecule has 1 aromatic heterocycles. The summed E-state index contributed by atoms with van der Waals surface area (Å²) in [4.78, 5) is 0. The van der Waals surface area contributed by atoms with Gasteiger partial charge < -0.3 is 5.32 Å². The largest absolute Gasteiger partial charge is 0.311 e. The number of aromatic amines is 1. The van der Waals surface area contributed by atoms with E-state index in [4.69, 9.17) is 0 Å². The normalized spacial score (nSPS) is 18.4. The second-order valence-electron chi connectivity index (χ2n) is 4.35. The third-order valence-corrected chi connectivity index (χ3v) is 2.99. The van der Waals surface area contributed by atoms with Gasteiger partial charge in [-0.1, -0.05) is 13.3 Å². The SMILES string of the molecule is CC1(CNCc2ccn[nH]2)CCC1.Cl. The summed E-state index contributed by atoms with van der Waals surface area (Å²) in [5.74, 6) is 0. The first-order valence-electron chi connectivity index (χ1n) is 4.98. The number of aromatic nitrogens is 2. The fraction of sp³-hybridized carbons (Fsp3) is 0.700. The van der Waals surface area contributed by atoms with E-state index in [1.165, 1.54) is 25.0 Å². The Balaban J connectivity index is 0.000000980. The molecular weight excluding hydrogens is 198 g/mol. The third-order valence-electron chi connectivity index (χ3n) is 2.99. The molecule has 1 aliphatic rings. The van der Waals surface area contributed by atoms with Crippen LogP contribution in [0, 0.1) is 5.41 Å². The molecule has 2 rings (SSSR count). The zero-order chi connectivity index (χ0) is 9.15. The second-order valence-corrected chi connectivity index (χ2v) is 4.35. The molecule has 0 spiro atoms. The highest BCUT2D eigenvalue weighted by Gasteiger charge is 2.30. The van der Waals surface area contributed by atoms with Crippen molar-refractivity contribution in [1.29, 1.82) is 0 Å². The van der Waals surface area contributed by atoms with Crippen molar-refractivity contribution in [1.82, 2.24) is 15.5 Å². The number of halogens is 1. The van der Waals surface area contributed by atoms with Gasteiger partial charge in [-0.3, -0.25) is 5.10 Å². The van der Waals surface area contributed by atoms with Crippen molar-refractivity contribution < 1.29 is 0 Å². The van der Waals surface area contributed by atoms with E-state index < -0.39 is 0 Å². The Morgan fingerprint density at radius 3 is 2.86 bits per heavy atom. The van der Waals surface area contributed by atoms with Gasteiger partial charge in [0.1, 0.15) is 0 Å². The molecule has 0 aliphatic heterocycles. The zero-order valence-electron chi connectivity index (χ0n) is 8.55. The fourth-order valence-corrected chi connectivity index (χ4v) is 1.84. The van der Waals surface area contributed by atoms with Gasteiger partial charge in [-0.15, -0.1) is 12.4 Å². The molecule has 0 atom stereocenters. The molecule has 0 radical (unpaired) electrons. The van der Waals surface area contributed by atoms with Gasteiger partial charge >= 0.3 is 0 Å².